The van der Waals surface area contributed by atoms with E-state index in [1.807, 2.05) is 0 Å². The lowest BCUT2D eigenvalue weighted by molar-refractivity contribution is -0.385. The molecule has 1 heterocycles. The number of non-ortho nitro benzene ring substituents is 1. The summed E-state index contributed by atoms with van der Waals surface area (Å²) in [5, 5.41) is 10.9. The van der Waals surface area contributed by atoms with Crippen LogP contribution in [0.1, 0.15) is 40.0 Å². The molecule has 0 spiro atoms. The van der Waals surface area contributed by atoms with Crippen molar-refractivity contribution in [3.8, 4) is 0 Å². The summed E-state index contributed by atoms with van der Waals surface area (Å²) in [4.78, 5) is 10.4. The summed E-state index contributed by atoms with van der Waals surface area (Å²) in [6.45, 7) is 7.00. The van der Waals surface area contributed by atoms with Gasteiger partial charge in [-0.2, -0.15) is 4.31 Å². The summed E-state index contributed by atoms with van der Waals surface area (Å²) in [5.74, 6) is 0. The molecule has 0 unspecified atom stereocenters. The fourth-order valence-electron chi connectivity index (χ4n) is 4.58. The third-order valence-corrected chi connectivity index (χ3v) is 6.90. The zero-order valence-electron chi connectivity index (χ0n) is 13.7. The van der Waals surface area contributed by atoms with Crippen molar-refractivity contribution >= 4 is 15.7 Å². The normalized spacial score (nSPS) is 30.3. The number of benzene rings is 1. The first kappa shape index (κ1) is 16.4. The Morgan fingerprint density at radius 3 is 2.61 bits per heavy atom. The van der Waals surface area contributed by atoms with Gasteiger partial charge in [-0.1, -0.05) is 26.8 Å². The molecule has 0 radical (unpaired) electrons. The van der Waals surface area contributed by atoms with Crippen LogP contribution >= 0.6 is 0 Å². The van der Waals surface area contributed by atoms with Gasteiger partial charge >= 0.3 is 0 Å². The van der Waals surface area contributed by atoms with Crippen LogP contribution in [0.2, 0.25) is 0 Å². The van der Waals surface area contributed by atoms with E-state index < -0.39 is 14.9 Å². The summed E-state index contributed by atoms with van der Waals surface area (Å²) in [6.07, 6.45) is 2.69. The lowest BCUT2D eigenvalue weighted by Crippen LogP contribution is -2.37. The summed E-state index contributed by atoms with van der Waals surface area (Å²) < 4.78 is 27.6. The number of fused-ring (bicyclic) bond motifs is 2. The van der Waals surface area contributed by atoms with E-state index in [1.54, 1.807) is 4.31 Å². The second-order valence-corrected chi connectivity index (χ2v) is 9.91. The molecule has 1 saturated heterocycles. The molecule has 1 saturated carbocycles. The highest BCUT2D eigenvalue weighted by atomic mass is 32.2. The number of rotatable bonds is 3. The highest BCUT2D eigenvalue weighted by Crippen LogP contribution is 2.53. The molecule has 1 aromatic rings. The van der Waals surface area contributed by atoms with Gasteiger partial charge in [0, 0.05) is 24.7 Å². The zero-order valence-corrected chi connectivity index (χ0v) is 14.5. The molecule has 126 valence electrons. The highest BCUT2D eigenvalue weighted by Gasteiger charge is 2.53. The second kappa shape index (κ2) is 5.01. The van der Waals surface area contributed by atoms with Gasteiger partial charge in [-0.05, 0) is 36.2 Å². The zero-order chi connectivity index (χ0) is 17.0. The van der Waals surface area contributed by atoms with Crippen molar-refractivity contribution in [2.75, 3.05) is 6.54 Å². The van der Waals surface area contributed by atoms with Gasteiger partial charge in [0.25, 0.3) is 5.69 Å². The van der Waals surface area contributed by atoms with Crippen LogP contribution in [0.25, 0.3) is 0 Å². The fourth-order valence-corrected chi connectivity index (χ4v) is 6.40. The van der Waals surface area contributed by atoms with Gasteiger partial charge in [-0.3, -0.25) is 10.1 Å². The van der Waals surface area contributed by atoms with E-state index in [4.69, 9.17) is 0 Å². The number of hydrogen-bond donors (Lipinski definition) is 0. The Labute approximate surface area is 136 Å². The van der Waals surface area contributed by atoms with Gasteiger partial charge < -0.3 is 0 Å². The standard InChI is InChI=1S/C16H22N2O4S/c1-15(2)8-13-9-16(3,10-15)11-17(13)23(21,22)14-6-4-5-12(7-14)18(19)20/h4-7,13H,8-11H2,1-3H3/t13-,16-/m0/s1. The van der Waals surface area contributed by atoms with Crippen molar-refractivity contribution in [3.63, 3.8) is 0 Å². The minimum atomic E-state index is -3.71. The Balaban J connectivity index is 1.98. The lowest BCUT2D eigenvalue weighted by Gasteiger charge is -2.39. The molecule has 0 aromatic heterocycles. The molecule has 1 aliphatic carbocycles. The van der Waals surface area contributed by atoms with Gasteiger partial charge in [0.1, 0.15) is 0 Å². The second-order valence-electron chi connectivity index (χ2n) is 8.02. The third kappa shape index (κ3) is 2.87. The van der Waals surface area contributed by atoms with Crippen LogP contribution in [0, 0.1) is 20.9 Å². The van der Waals surface area contributed by atoms with E-state index in [9.17, 15) is 18.5 Å². The maximum atomic E-state index is 13.0. The maximum Gasteiger partial charge on any atom is 0.270 e. The first-order valence-electron chi connectivity index (χ1n) is 7.79. The molecule has 2 aliphatic rings. The molecule has 0 amide bonds. The summed E-state index contributed by atoms with van der Waals surface area (Å²) >= 11 is 0. The van der Waals surface area contributed by atoms with E-state index in [-0.39, 0.29) is 27.5 Å². The van der Waals surface area contributed by atoms with Crippen molar-refractivity contribution in [1.82, 2.24) is 4.31 Å². The van der Waals surface area contributed by atoms with Gasteiger partial charge in [0.15, 0.2) is 0 Å². The molecule has 3 rings (SSSR count). The summed E-state index contributed by atoms with van der Waals surface area (Å²) in [6, 6.07) is 5.32. The minimum absolute atomic E-state index is 0.0137. The van der Waals surface area contributed by atoms with Crippen molar-refractivity contribution in [2.24, 2.45) is 10.8 Å². The molecular weight excluding hydrogens is 316 g/mol. The Morgan fingerprint density at radius 1 is 1.26 bits per heavy atom. The van der Waals surface area contributed by atoms with Crippen LogP contribution in [0.3, 0.4) is 0 Å². The van der Waals surface area contributed by atoms with Crippen LogP contribution in [-0.2, 0) is 10.0 Å². The molecule has 1 aromatic carbocycles. The number of nitro benzene ring substituents is 1. The van der Waals surface area contributed by atoms with E-state index in [0.29, 0.717) is 6.54 Å². The van der Waals surface area contributed by atoms with E-state index >= 15 is 0 Å². The molecule has 2 bridgehead atoms. The van der Waals surface area contributed by atoms with Crippen LogP contribution in [0.4, 0.5) is 5.69 Å². The number of nitro groups is 1. The highest BCUT2D eigenvalue weighted by molar-refractivity contribution is 7.89. The Hall–Kier alpha value is -1.47. The molecule has 6 nitrogen and oxygen atoms in total. The maximum absolute atomic E-state index is 13.0. The molecule has 0 N–H and O–H groups in total. The quantitative estimate of drug-likeness (QED) is 0.626. The van der Waals surface area contributed by atoms with E-state index in [0.717, 1.165) is 25.3 Å². The molecule has 1 aliphatic heterocycles. The van der Waals surface area contributed by atoms with Crippen LogP contribution < -0.4 is 0 Å². The van der Waals surface area contributed by atoms with Gasteiger partial charge in [0.05, 0.1) is 9.82 Å². The van der Waals surface area contributed by atoms with Crippen LogP contribution in [0.15, 0.2) is 29.2 Å². The Kier molecular flexibility index (Phi) is 3.57. The summed E-state index contributed by atoms with van der Waals surface area (Å²) in [7, 11) is -3.71. The predicted molar refractivity (Wildman–Crippen MR) is 86.5 cm³/mol. The first-order valence-corrected chi connectivity index (χ1v) is 9.23. The average molecular weight is 338 g/mol. The predicted octanol–water partition coefficient (Wildman–Crippen LogP) is 3.18. The largest absolute Gasteiger partial charge is 0.270 e. The number of hydrogen-bond acceptors (Lipinski definition) is 4. The SMILES string of the molecule is CC1(C)C[C@H]2C[C@](C)(CN2S(=O)(=O)c2cccc([N+](=O)[O-])c2)C1. The van der Waals surface area contributed by atoms with Crippen LogP contribution in [-0.4, -0.2) is 30.2 Å². The molecule has 23 heavy (non-hydrogen) atoms. The fraction of sp³-hybridized carbons (Fsp3) is 0.625. The monoisotopic (exact) mass is 338 g/mol. The van der Waals surface area contributed by atoms with Crippen LogP contribution in [0.5, 0.6) is 0 Å². The molecular formula is C16H22N2O4S. The smallest absolute Gasteiger partial charge is 0.258 e. The van der Waals surface area contributed by atoms with Crippen molar-refractivity contribution in [3.05, 3.63) is 34.4 Å². The Bertz CT molecular complexity index is 759. The Morgan fingerprint density at radius 2 is 1.96 bits per heavy atom. The van der Waals surface area contributed by atoms with Gasteiger partial charge in [-0.25, -0.2) is 8.42 Å². The van der Waals surface area contributed by atoms with Crippen molar-refractivity contribution in [1.29, 1.82) is 0 Å². The number of sulfonamides is 1. The summed E-state index contributed by atoms with van der Waals surface area (Å²) in [5.41, 5.74) is -0.0926. The topological polar surface area (TPSA) is 80.5 Å². The van der Waals surface area contributed by atoms with Crippen molar-refractivity contribution < 1.29 is 13.3 Å². The number of nitrogens with zero attached hydrogens (tertiary/aromatic N) is 2. The van der Waals surface area contributed by atoms with E-state index in [1.165, 1.54) is 18.2 Å². The third-order valence-electron chi connectivity index (χ3n) is 5.00. The minimum Gasteiger partial charge on any atom is -0.258 e. The van der Waals surface area contributed by atoms with Gasteiger partial charge in [-0.15, -0.1) is 0 Å². The van der Waals surface area contributed by atoms with Crippen molar-refractivity contribution in [2.45, 2.75) is 51.0 Å². The average Bonchev–Trinajstić information content (AvgIpc) is 2.68. The first-order chi connectivity index (χ1) is 10.5. The van der Waals surface area contributed by atoms with E-state index in [2.05, 4.69) is 20.8 Å². The molecule has 2 fully saturated rings. The molecule has 2 atom stereocenters. The lowest BCUT2D eigenvalue weighted by atomic mass is 9.65. The van der Waals surface area contributed by atoms with Gasteiger partial charge in [0.2, 0.25) is 10.0 Å². The molecule has 7 heteroatoms.